The Hall–Kier alpha value is -0.470. The van der Waals surface area contributed by atoms with Crippen molar-refractivity contribution >= 4 is 11.8 Å². The number of hydrogen-bond acceptors (Lipinski definition) is 2. The SMILES string of the molecule is CCCNCc1cc(C)ccc1SCC(C)CC. The van der Waals surface area contributed by atoms with Gasteiger partial charge in [0.25, 0.3) is 0 Å². The van der Waals surface area contributed by atoms with Crippen LogP contribution in [0.4, 0.5) is 0 Å². The van der Waals surface area contributed by atoms with Crippen LogP contribution < -0.4 is 5.32 Å². The van der Waals surface area contributed by atoms with Crippen molar-refractivity contribution in [1.29, 1.82) is 0 Å². The summed E-state index contributed by atoms with van der Waals surface area (Å²) >= 11 is 2.01. The predicted molar refractivity (Wildman–Crippen MR) is 83.4 cm³/mol. The zero-order valence-electron chi connectivity index (χ0n) is 12.3. The Kier molecular flexibility index (Phi) is 7.45. The molecule has 0 heterocycles. The molecule has 0 radical (unpaired) electrons. The summed E-state index contributed by atoms with van der Waals surface area (Å²) < 4.78 is 0. The van der Waals surface area contributed by atoms with Gasteiger partial charge in [0.2, 0.25) is 0 Å². The summed E-state index contributed by atoms with van der Waals surface area (Å²) in [5.74, 6) is 2.02. The van der Waals surface area contributed by atoms with Crippen molar-refractivity contribution in [2.75, 3.05) is 12.3 Å². The first kappa shape index (κ1) is 15.6. The highest BCUT2D eigenvalue weighted by Crippen LogP contribution is 2.26. The number of nitrogens with one attached hydrogen (secondary N) is 1. The van der Waals surface area contributed by atoms with Gasteiger partial charge in [0, 0.05) is 17.2 Å². The highest BCUT2D eigenvalue weighted by atomic mass is 32.2. The fourth-order valence-electron chi connectivity index (χ4n) is 1.74. The number of aryl methyl sites for hydroxylation is 1. The second-order valence-corrected chi connectivity index (χ2v) is 6.17. The standard InChI is InChI=1S/C16H27NS/c1-5-9-17-11-15-10-14(4)7-8-16(15)18-12-13(3)6-2/h7-8,10,13,17H,5-6,9,11-12H2,1-4H3. The molecule has 0 spiro atoms. The van der Waals surface area contributed by atoms with E-state index < -0.39 is 0 Å². The molecule has 0 aromatic heterocycles. The molecule has 1 atom stereocenters. The van der Waals surface area contributed by atoms with Crippen LogP contribution >= 0.6 is 11.8 Å². The monoisotopic (exact) mass is 265 g/mol. The third-order valence-corrected chi connectivity index (χ3v) is 4.62. The Morgan fingerprint density at radius 1 is 1.28 bits per heavy atom. The van der Waals surface area contributed by atoms with Crippen LogP contribution in [0.15, 0.2) is 23.1 Å². The highest BCUT2D eigenvalue weighted by Gasteiger charge is 2.06. The van der Waals surface area contributed by atoms with E-state index in [1.807, 2.05) is 11.8 Å². The molecule has 1 unspecified atom stereocenters. The molecule has 1 N–H and O–H groups in total. The van der Waals surface area contributed by atoms with Crippen molar-refractivity contribution < 1.29 is 0 Å². The predicted octanol–water partition coefficient (Wildman–Crippen LogP) is 4.63. The third-order valence-electron chi connectivity index (χ3n) is 3.18. The average Bonchev–Trinajstić information content (AvgIpc) is 2.37. The van der Waals surface area contributed by atoms with Gasteiger partial charge < -0.3 is 5.32 Å². The lowest BCUT2D eigenvalue weighted by Crippen LogP contribution is -2.14. The molecule has 0 aliphatic carbocycles. The molecule has 0 aliphatic heterocycles. The zero-order valence-corrected chi connectivity index (χ0v) is 13.1. The van der Waals surface area contributed by atoms with Crippen LogP contribution in [0.1, 0.15) is 44.7 Å². The summed E-state index contributed by atoms with van der Waals surface area (Å²) in [4.78, 5) is 1.45. The molecule has 0 aliphatic rings. The number of thioether (sulfide) groups is 1. The van der Waals surface area contributed by atoms with E-state index in [0.717, 1.165) is 19.0 Å². The number of rotatable bonds is 8. The van der Waals surface area contributed by atoms with Gasteiger partial charge in [0.05, 0.1) is 0 Å². The largest absolute Gasteiger partial charge is 0.313 e. The second kappa shape index (κ2) is 8.60. The van der Waals surface area contributed by atoms with Gasteiger partial charge >= 0.3 is 0 Å². The van der Waals surface area contributed by atoms with Gasteiger partial charge in [-0.05, 0) is 37.4 Å². The van der Waals surface area contributed by atoms with Gasteiger partial charge in [0.15, 0.2) is 0 Å². The van der Waals surface area contributed by atoms with Gasteiger partial charge in [-0.3, -0.25) is 0 Å². The Morgan fingerprint density at radius 2 is 2.06 bits per heavy atom. The van der Waals surface area contributed by atoms with Gasteiger partial charge in [0.1, 0.15) is 0 Å². The van der Waals surface area contributed by atoms with E-state index >= 15 is 0 Å². The van der Waals surface area contributed by atoms with Crippen molar-refractivity contribution in [3.8, 4) is 0 Å². The van der Waals surface area contributed by atoms with Crippen LogP contribution in [0.5, 0.6) is 0 Å². The summed E-state index contributed by atoms with van der Waals surface area (Å²) in [6, 6.07) is 6.83. The molecular weight excluding hydrogens is 238 g/mol. The fraction of sp³-hybridized carbons (Fsp3) is 0.625. The molecule has 0 saturated heterocycles. The molecule has 102 valence electrons. The van der Waals surface area contributed by atoms with Crippen molar-refractivity contribution in [2.45, 2.75) is 52.0 Å². The molecule has 0 fully saturated rings. The first-order valence-corrected chi connectivity index (χ1v) is 8.09. The first-order chi connectivity index (χ1) is 8.67. The van der Waals surface area contributed by atoms with E-state index in [1.165, 1.54) is 34.6 Å². The molecule has 0 saturated carbocycles. The second-order valence-electron chi connectivity index (χ2n) is 5.11. The van der Waals surface area contributed by atoms with Crippen molar-refractivity contribution in [2.24, 2.45) is 5.92 Å². The molecule has 1 rings (SSSR count). The van der Waals surface area contributed by atoms with Crippen molar-refractivity contribution in [3.05, 3.63) is 29.3 Å². The molecule has 1 nitrogen and oxygen atoms in total. The molecule has 2 heteroatoms. The lowest BCUT2D eigenvalue weighted by molar-refractivity contribution is 0.636. The minimum absolute atomic E-state index is 0.799. The average molecular weight is 265 g/mol. The van der Waals surface area contributed by atoms with E-state index in [1.54, 1.807) is 0 Å². The number of hydrogen-bond donors (Lipinski definition) is 1. The Labute approximate surface area is 117 Å². The van der Waals surface area contributed by atoms with Crippen LogP contribution in [-0.2, 0) is 6.54 Å². The van der Waals surface area contributed by atoms with Crippen LogP contribution in [0.25, 0.3) is 0 Å². The van der Waals surface area contributed by atoms with Gasteiger partial charge in [-0.15, -0.1) is 11.8 Å². The van der Waals surface area contributed by atoms with Crippen molar-refractivity contribution in [1.82, 2.24) is 5.32 Å². The summed E-state index contributed by atoms with van der Waals surface area (Å²) in [6.07, 6.45) is 2.46. The Morgan fingerprint density at radius 3 is 2.72 bits per heavy atom. The van der Waals surface area contributed by atoms with Gasteiger partial charge in [-0.2, -0.15) is 0 Å². The normalized spacial score (nSPS) is 12.7. The van der Waals surface area contributed by atoms with Gasteiger partial charge in [-0.1, -0.05) is 44.9 Å². The summed E-state index contributed by atoms with van der Waals surface area (Å²) in [5, 5.41) is 3.51. The highest BCUT2D eigenvalue weighted by molar-refractivity contribution is 7.99. The maximum Gasteiger partial charge on any atom is 0.0216 e. The summed E-state index contributed by atoms with van der Waals surface area (Å²) in [6.45, 7) is 11.1. The van der Waals surface area contributed by atoms with Crippen LogP contribution in [0, 0.1) is 12.8 Å². The molecule has 18 heavy (non-hydrogen) atoms. The van der Waals surface area contributed by atoms with E-state index in [9.17, 15) is 0 Å². The molecule has 1 aromatic carbocycles. The van der Waals surface area contributed by atoms with Crippen LogP contribution in [-0.4, -0.2) is 12.3 Å². The maximum atomic E-state index is 3.51. The summed E-state index contributed by atoms with van der Waals surface area (Å²) in [5.41, 5.74) is 2.81. The Bertz CT molecular complexity index is 349. The quantitative estimate of drug-likeness (QED) is 0.543. The summed E-state index contributed by atoms with van der Waals surface area (Å²) in [7, 11) is 0. The van der Waals surface area contributed by atoms with E-state index in [4.69, 9.17) is 0 Å². The third kappa shape index (κ3) is 5.45. The lowest BCUT2D eigenvalue weighted by atomic mass is 10.1. The van der Waals surface area contributed by atoms with Crippen molar-refractivity contribution in [3.63, 3.8) is 0 Å². The van der Waals surface area contributed by atoms with Crippen LogP contribution in [0.2, 0.25) is 0 Å². The topological polar surface area (TPSA) is 12.0 Å². The molecular formula is C16H27NS. The fourth-order valence-corrected chi connectivity index (χ4v) is 2.92. The molecule has 0 bridgehead atoms. The smallest absolute Gasteiger partial charge is 0.0216 e. The van der Waals surface area contributed by atoms with Crippen LogP contribution in [0.3, 0.4) is 0 Å². The lowest BCUT2D eigenvalue weighted by Gasteiger charge is -2.13. The number of benzene rings is 1. The first-order valence-electron chi connectivity index (χ1n) is 7.10. The molecule has 1 aromatic rings. The van der Waals surface area contributed by atoms with E-state index in [-0.39, 0.29) is 0 Å². The minimum atomic E-state index is 0.799. The van der Waals surface area contributed by atoms with E-state index in [2.05, 4.69) is 51.2 Å². The maximum absolute atomic E-state index is 3.51. The molecule has 0 amide bonds. The zero-order chi connectivity index (χ0) is 13.4. The van der Waals surface area contributed by atoms with E-state index in [0.29, 0.717) is 0 Å². The Balaban J connectivity index is 2.63. The minimum Gasteiger partial charge on any atom is -0.313 e. The van der Waals surface area contributed by atoms with Gasteiger partial charge in [-0.25, -0.2) is 0 Å².